The molecule has 3 N–H and O–H groups in total. The van der Waals surface area contributed by atoms with Crippen LogP contribution in [0.15, 0.2) is 42.5 Å². The molecule has 7 heteroatoms. The topological polar surface area (TPSA) is 120 Å². The van der Waals surface area contributed by atoms with Crippen molar-refractivity contribution in [2.24, 2.45) is 0 Å². The summed E-state index contributed by atoms with van der Waals surface area (Å²) in [6, 6.07) is 11.6. The van der Waals surface area contributed by atoms with Gasteiger partial charge < -0.3 is 14.9 Å². The fraction of sp³-hybridized carbons (Fsp3) is 0. The molecule has 110 valence electrons. The second kappa shape index (κ2) is 6.28. The van der Waals surface area contributed by atoms with Gasteiger partial charge in [0, 0.05) is 5.69 Å². The van der Waals surface area contributed by atoms with E-state index in [0.717, 1.165) is 12.1 Å². The van der Waals surface area contributed by atoms with Crippen molar-refractivity contribution in [3.8, 4) is 17.6 Å². The molecule has 0 radical (unpaired) electrons. The fourth-order valence-corrected chi connectivity index (χ4v) is 1.68. The zero-order valence-electron chi connectivity index (χ0n) is 11.1. The maximum Gasteiger partial charge on any atom is 0.417 e. The number of nitrogens with one attached hydrogen (secondary N) is 1. The van der Waals surface area contributed by atoms with E-state index in [2.05, 4.69) is 5.32 Å². The van der Waals surface area contributed by atoms with Crippen LogP contribution in [0.4, 0.5) is 10.5 Å². The van der Waals surface area contributed by atoms with Crippen molar-refractivity contribution in [3.63, 3.8) is 0 Å². The zero-order valence-corrected chi connectivity index (χ0v) is 11.1. The molecule has 22 heavy (non-hydrogen) atoms. The molecule has 2 rings (SSSR count). The van der Waals surface area contributed by atoms with E-state index < -0.39 is 17.8 Å². The molecule has 0 fully saturated rings. The highest BCUT2D eigenvalue weighted by atomic mass is 16.6. The molecule has 0 saturated heterocycles. The smallest absolute Gasteiger partial charge is 0.417 e. The first-order valence-electron chi connectivity index (χ1n) is 6.05. The molecule has 2 aromatic carbocycles. The van der Waals surface area contributed by atoms with E-state index in [4.69, 9.17) is 15.1 Å². The van der Waals surface area contributed by atoms with Gasteiger partial charge in [0.05, 0.1) is 5.56 Å². The quantitative estimate of drug-likeness (QED) is 0.749. The number of aromatic carboxylic acids is 1. The van der Waals surface area contributed by atoms with Crippen LogP contribution in [-0.4, -0.2) is 22.3 Å². The Labute approximate surface area is 125 Å². The number of benzene rings is 2. The zero-order chi connectivity index (χ0) is 16.1. The van der Waals surface area contributed by atoms with Gasteiger partial charge in [0.2, 0.25) is 0 Å². The summed E-state index contributed by atoms with van der Waals surface area (Å²) in [5, 5.41) is 29.5. The van der Waals surface area contributed by atoms with Crippen LogP contribution in [0.2, 0.25) is 0 Å². The highest BCUT2D eigenvalue weighted by Crippen LogP contribution is 2.22. The second-order valence-corrected chi connectivity index (χ2v) is 4.16. The van der Waals surface area contributed by atoms with Crippen molar-refractivity contribution >= 4 is 17.7 Å². The Hall–Kier alpha value is -3.53. The van der Waals surface area contributed by atoms with Crippen LogP contribution in [-0.2, 0) is 0 Å². The van der Waals surface area contributed by atoms with Crippen LogP contribution in [0.25, 0.3) is 0 Å². The first-order valence-corrected chi connectivity index (χ1v) is 6.05. The van der Waals surface area contributed by atoms with E-state index >= 15 is 0 Å². The van der Waals surface area contributed by atoms with E-state index in [1.54, 1.807) is 12.1 Å². The van der Waals surface area contributed by atoms with Gasteiger partial charge in [0.1, 0.15) is 17.4 Å². The van der Waals surface area contributed by atoms with Gasteiger partial charge in [0.15, 0.2) is 5.75 Å². The number of phenols is 1. The first-order chi connectivity index (χ1) is 10.5. The number of anilines is 1. The van der Waals surface area contributed by atoms with Gasteiger partial charge >= 0.3 is 12.1 Å². The number of ether oxygens (including phenoxy) is 1. The molecule has 0 spiro atoms. The van der Waals surface area contributed by atoms with Crippen molar-refractivity contribution in [1.29, 1.82) is 5.26 Å². The van der Waals surface area contributed by atoms with Crippen molar-refractivity contribution < 1.29 is 24.5 Å². The molecule has 0 aliphatic rings. The van der Waals surface area contributed by atoms with Gasteiger partial charge in [-0.05, 0) is 30.3 Å². The van der Waals surface area contributed by atoms with Gasteiger partial charge in [-0.15, -0.1) is 0 Å². The average molecular weight is 298 g/mol. The summed E-state index contributed by atoms with van der Waals surface area (Å²) in [4.78, 5) is 22.7. The van der Waals surface area contributed by atoms with Crippen LogP contribution in [0.1, 0.15) is 15.9 Å². The fourth-order valence-electron chi connectivity index (χ4n) is 1.68. The van der Waals surface area contributed by atoms with E-state index in [-0.39, 0.29) is 22.6 Å². The number of para-hydroxylation sites is 1. The monoisotopic (exact) mass is 298 g/mol. The van der Waals surface area contributed by atoms with Crippen LogP contribution < -0.4 is 10.1 Å². The predicted molar refractivity (Wildman–Crippen MR) is 75.9 cm³/mol. The molecule has 7 nitrogen and oxygen atoms in total. The van der Waals surface area contributed by atoms with Crippen molar-refractivity contribution in [2.75, 3.05) is 5.32 Å². The minimum Gasteiger partial charge on any atom is -0.507 e. The molecule has 0 heterocycles. The van der Waals surface area contributed by atoms with Gasteiger partial charge in [-0.2, -0.15) is 5.26 Å². The molecule has 0 aliphatic heterocycles. The molecular formula is C15H10N2O5. The molecule has 0 saturated carbocycles. The van der Waals surface area contributed by atoms with Crippen LogP contribution in [0, 0.1) is 11.3 Å². The number of carbonyl (C=O) groups is 2. The summed E-state index contributed by atoms with van der Waals surface area (Å²) >= 11 is 0. The minimum absolute atomic E-state index is 0.0831. The number of nitrogens with zero attached hydrogens (tertiary/aromatic N) is 1. The number of carboxylic acid groups (broad SMARTS) is 1. The highest BCUT2D eigenvalue weighted by molar-refractivity contribution is 5.94. The molecular weight excluding hydrogens is 288 g/mol. The summed E-state index contributed by atoms with van der Waals surface area (Å²) in [5.41, 5.74) is -0.0283. The van der Waals surface area contributed by atoms with Gasteiger partial charge in [-0.25, -0.2) is 9.59 Å². The second-order valence-electron chi connectivity index (χ2n) is 4.16. The largest absolute Gasteiger partial charge is 0.507 e. The number of hydrogen-bond acceptors (Lipinski definition) is 5. The highest BCUT2D eigenvalue weighted by Gasteiger charge is 2.13. The van der Waals surface area contributed by atoms with Crippen LogP contribution >= 0.6 is 0 Å². The van der Waals surface area contributed by atoms with Crippen molar-refractivity contribution in [1.82, 2.24) is 0 Å². The third kappa shape index (κ3) is 3.32. The predicted octanol–water partition coefficient (Wildman–Crippen LogP) is 2.57. The summed E-state index contributed by atoms with van der Waals surface area (Å²) < 4.78 is 4.99. The number of aromatic hydroxyl groups is 1. The number of nitriles is 1. The van der Waals surface area contributed by atoms with Gasteiger partial charge in [-0.1, -0.05) is 12.1 Å². The number of hydrogen-bond donors (Lipinski definition) is 3. The molecule has 0 atom stereocenters. The number of rotatable bonds is 3. The Bertz CT molecular complexity index is 780. The van der Waals surface area contributed by atoms with Gasteiger partial charge in [0.25, 0.3) is 0 Å². The average Bonchev–Trinajstić information content (AvgIpc) is 2.49. The van der Waals surface area contributed by atoms with Crippen LogP contribution in [0.3, 0.4) is 0 Å². The lowest BCUT2D eigenvalue weighted by Crippen LogP contribution is -2.17. The number of carboxylic acids is 1. The lowest BCUT2D eigenvalue weighted by molar-refractivity contribution is 0.0693. The van der Waals surface area contributed by atoms with E-state index in [1.165, 1.54) is 18.2 Å². The lowest BCUT2D eigenvalue weighted by atomic mass is 10.2. The SMILES string of the molecule is N#Cc1ccccc1OC(=O)Nc1ccc(O)c(C(=O)O)c1. The Kier molecular flexibility index (Phi) is 4.24. The Balaban J connectivity index is 2.14. The number of amides is 1. The summed E-state index contributed by atoms with van der Waals surface area (Å²) in [6.07, 6.45) is -0.885. The standard InChI is InChI=1S/C15H10N2O5/c16-8-9-3-1-2-4-13(9)22-15(21)17-10-5-6-12(18)11(7-10)14(19)20/h1-7,18H,(H,17,21)(H,19,20). The molecule has 1 amide bonds. The normalized spacial score (nSPS) is 9.59. The lowest BCUT2D eigenvalue weighted by Gasteiger charge is -2.08. The molecule has 0 unspecified atom stereocenters. The summed E-state index contributed by atoms with van der Waals surface area (Å²) in [5.74, 6) is -1.66. The summed E-state index contributed by atoms with van der Waals surface area (Å²) in [7, 11) is 0. The maximum atomic E-state index is 11.8. The van der Waals surface area contributed by atoms with E-state index in [1.807, 2.05) is 6.07 Å². The molecule has 0 aliphatic carbocycles. The van der Waals surface area contributed by atoms with Crippen molar-refractivity contribution in [3.05, 3.63) is 53.6 Å². The van der Waals surface area contributed by atoms with E-state index in [0.29, 0.717) is 0 Å². The van der Waals surface area contributed by atoms with Gasteiger partial charge in [-0.3, -0.25) is 5.32 Å². The van der Waals surface area contributed by atoms with Crippen molar-refractivity contribution in [2.45, 2.75) is 0 Å². The molecule has 0 aromatic heterocycles. The first kappa shape index (κ1) is 14.9. The Morgan fingerprint density at radius 2 is 1.91 bits per heavy atom. The summed E-state index contributed by atoms with van der Waals surface area (Å²) in [6.45, 7) is 0. The molecule has 0 bridgehead atoms. The maximum absolute atomic E-state index is 11.8. The Morgan fingerprint density at radius 1 is 1.18 bits per heavy atom. The third-order valence-electron chi connectivity index (χ3n) is 2.68. The van der Waals surface area contributed by atoms with E-state index in [9.17, 15) is 14.7 Å². The minimum atomic E-state index is -1.33. The number of carbonyl (C=O) groups excluding carboxylic acids is 1. The Morgan fingerprint density at radius 3 is 2.59 bits per heavy atom. The molecule has 2 aromatic rings. The van der Waals surface area contributed by atoms with Crippen LogP contribution in [0.5, 0.6) is 11.5 Å². The third-order valence-corrected chi connectivity index (χ3v) is 2.68.